The predicted octanol–water partition coefficient (Wildman–Crippen LogP) is 0.896. The summed E-state index contributed by atoms with van der Waals surface area (Å²) < 4.78 is 25.7. The average Bonchev–Trinajstić information content (AvgIpc) is 2.51. The maximum Gasteiger partial charge on any atom is 0.224 e. The first-order valence-electron chi connectivity index (χ1n) is 8.42. The lowest BCUT2D eigenvalue weighted by Gasteiger charge is -2.31. The Balaban J connectivity index is 2.46. The van der Waals surface area contributed by atoms with Gasteiger partial charge in [0.15, 0.2) is 0 Å². The van der Waals surface area contributed by atoms with Gasteiger partial charge in [-0.2, -0.15) is 0 Å². The van der Waals surface area contributed by atoms with Crippen molar-refractivity contribution in [2.75, 3.05) is 45.0 Å². The Hall–Kier alpha value is -0.660. The Morgan fingerprint density at radius 2 is 1.95 bits per heavy atom. The minimum Gasteiger partial charge on any atom is -0.355 e. The molecule has 0 aromatic carbocycles. The highest BCUT2D eigenvalue weighted by molar-refractivity contribution is 7.89. The maximum absolute atomic E-state index is 12.2. The van der Waals surface area contributed by atoms with Crippen LogP contribution in [0.25, 0.3) is 0 Å². The molecule has 0 aromatic heterocycles. The van der Waals surface area contributed by atoms with Crippen molar-refractivity contribution in [1.29, 1.82) is 0 Å². The van der Waals surface area contributed by atoms with Crippen LogP contribution in [0, 0.1) is 5.92 Å². The van der Waals surface area contributed by atoms with Gasteiger partial charge in [-0.3, -0.25) is 4.79 Å². The Labute approximate surface area is 135 Å². The van der Waals surface area contributed by atoms with E-state index in [4.69, 9.17) is 0 Å². The second kappa shape index (κ2) is 9.47. The van der Waals surface area contributed by atoms with Gasteiger partial charge in [-0.15, -0.1) is 0 Å². The molecule has 1 fully saturated rings. The van der Waals surface area contributed by atoms with Gasteiger partial charge < -0.3 is 10.2 Å². The van der Waals surface area contributed by atoms with Crippen LogP contribution in [-0.2, 0) is 14.8 Å². The van der Waals surface area contributed by atoms with Crippen molar-refractivity contribution < 1.29 is 13.2 Å². The highest BCUT2D eigenvalue weighted by Crippen LogP contribution is 2.20. The molecule has 7 heteroatoms. The van der Waals surface area contributed by atoms with E-state index in [1.165, 1.54) is 4.31 Å². The summed E-state index contributed by atoms with van der Waals surface area (Å²) in [4.78, 5) is 14.5. The zero-order valence-electron chi connectivity index (χ0n) is 14.2. The number of carbonyl (C=O) groups is 1. The van der Waals surface area contributed by atoms with Gasteiger partial charge >= 0.3 is 0 Å². The van der Waals surface area contributed by atoms with Gasteiger partial charge in [-0.05, 0) is 32.4 Å². The first kappa shape index (κ1) is 19.4. The van der Waals surface area contributed by atoms with Gasteiger partial charge in [-0.1, -0.05) is 20.8 Å². The third-order valence-corrected chi connectivity index (χ3v) is 6.27. The molecule has 1 amide bonds. The fourth-order valence-electron chi connectivity index (χ4n) is 2.82. The van der Waals surface area contributed by atoms with Gasteiger partial charge in [0.2, 0.25) is 15.9 Å². The smallest absolute Gasteiger partial charge is 0.224 e. The van der Waals surface area contributed by atoms with Crippen LogP contribution < -0.4 is 5.32 Å². The van der Waals surface area contributed by atoms with Crippen molar-refractivity contribution in [1.82, 2.24) is 14.5 Å². The molecule has 0 aliphatic carbocycles. The molecule has 1 aliphatic rings. The third kappa shape index (κ3) is 5.85. The maximum atomic E-state index is 12.2. The monoisotopic (exact) mass is 333 g/mol. The molecule has 0 unspecified atom stereocenters. The number of piperidine rings is 1. The summed E-state index contributed by atoms with van der Waals surface area (Å²) in [6, 6.07) is 0. The molecular formula is C15H31N3O3S. The van der Waals surface area contributed by atoms with Crippen molar-refractivity contribution in [3.63, 3.8) is 0 Å². The Morgan fingerprint density at radius 1 is 1.27 bits per heavy atom. The Kier molecular flexibility index (Phi) is 8.35. The first-order valence-corrected chi connectivity index (χ1v) is 10.0. The fraction of sp³-hybridized carbons (Fsp3) is 0.933. The second-order valence-corrected chi connectivity index (χ2v) is 7.92. The van der Waals surface area contributed by atoms with Crippen molar-refractivity contribution >= 4 is 15.9 Å². The minimum atomic E-state index is -3.20. The van der Waals surface area contributed by atoms with Crippen LogP contribution in [-0.4, -0.2) is 68.6 Å². The zero-order chi connectivity index (χ0) is 16.6. The Morgan fingerprint density at radius 3 is 2.55 bits per heavy atom. The SMILES string of the molecule is CCCS(=O)(=O)N1CCC[C@H](C(=O)NCCN(CC)CC)C1. The summed E-state index contributed by atoms with van der Waals surface area (Å²) in [5.41, 5.74) is 0. The van der Waals surface area contributed by atoms with E-state index < -0.39 is 10.0 Å². The molecule has 1 atom stereocenters. The Bertz CT molecular complexity index is 435. The van der Waals surface area contributed by atoms with Crippen molar-refractivity contribution in [2.45, 2.75) is 40.0 Å². The number of likely N-dealkylation sites (N-methyl/N-ethyl adjacent to an activating group) is 1. The molecule has 0 spiro atoms. The standard InChI is InChI=1S/C15H31N3O3S/c1-4-12-22(20,21)18-10-7-8-14(13-18)15(19)16-9-11-17(5-2)6-3/h14H,4-13H2,1-3H3,(H,16,19)/t14-/m0/s1. The zero-order valence-corrected chi connectivity index (χ0v) is 15.0. The van der Waals surface area contributed by atoms with E-state index >= 15 is 0 Å². The molecule has 1 N–H and O–H groups in total. The lowest BCUT2D eigenvalue weighted by atomic mass is 9.99. The molecule has 22 heavy (non-hydrogen) atoms. The predicted molar refractivity (Wildman–Crippen MR) is 89.2 cm³/mol. The molecule has 0 saturated carbocycles. The second-order valence-electron chi connectivity index (χ2n) is 5.83. The van der Waals surface area contributed by atoms with Gasteiger partial charge in [0.05, 0.1) is 11.7 Å². The van der Waals surface area contributed by atoms with Crippen LogP contribution in [0.1, 0.15) is 40.0 Å². The molecule has 1 aliphatic heterocycles. The van der Waals surface area contributed by atoms with Crippen LogP contribution in [0.2, 0.25) is 0 Å². The van der Waals surface area contributed by atoms with Crippen LogP contribution in [0.3, 0.4) is 0 Å². The summed E-state index contributed by atoms with van der Waals surface area (Å²) in [6.45, 7) is 10.3. The third-order valence-electron chi connectivity index (χ3n) is 4.23. The lowest BCUT2D eigenvalue weighted by Crippen LogP contribution is -2.47. The fourth-order valence-corrected chi connectivity index (χ4v) is 4.41. The molecule has 130 valence electrons. The number of nitrogens with one attached hydrogen (secondary N) is 1. The van der Waals surface area contributed by atoms with Crippen LogP contribution in [0.4, 0.5) is 0 Å². The summed E-state index contributed by atoms with van der Waals surface area (Å²) in [5, 5.41) is 2.95. The van der Waals surface area contributed by atoms with Gasteiger partial charge in [0.1, 0.15) is 0 Å². The molecule has 0 bridgehead atoms. The lowest BCUT2D eigenvalue weighted by molar-refractivity contribution is -0.126. The molecule has 1 saturated heterocycles. The summed E-state index contributed by atoms with van der Waals surface area (Å²) >= 11 is 0. The number of rotatable bonds is 9. The number of nitrogens with zero attached hydrogens (tertiary/aromatic N) is 2. The number of hydrogen-bond acceptors (Lipinski definition) is 4. The van der Waals surface area contributed by atoms with E-state index in [9.17, 15) is 13.2 Å². The first-order chi connectivity index (χ1) is 10.4. The number of hydrogen-bond donors (Lipinski definition) is 1. The number of sulfonamides is 1. The van der Waals surface area contributed by atoms with Gasteiger partial charge in [0, 0.05) is 26.2 Å². The van der Waals surface area contributed by atoms with E-state index in [2.05, 4.69) is 24.1 Å². The minimum absolute atomic E-state index is 0.0106. The molecule has 1 rings (SSSR count). The summed E-state index contributed by atoms with van der Waals surface area (Å²) in [6.07, 6.45) is 2.14. The molecule has 1 heterocycles. The quantitative estimate of drug-likeness (QED) is 0.680. The van der Waals surface area contributed by atoms with Gasteiger partial charge in [0.25, 0.3) is 0 Å². The molecular weight excluding hydrogens is 302 g/mol. The highest BCUT2D eigenvalue weighted by atomic mass is 32.2. The van der Waals surface area contributed by atoms with E-state index in [0.29, 0.717) is 26.1 Å². The number of amides is 1. The van der Waals surface area contributed by atoms with Crippen LogP contribution in [0.5, 0.6) is 0 Å². The van der Waals surface area contributed by atoms with Crippen LogP contribution in [0.15, 0.2) is 0 Å². The largest absolute Gasteiger partial charge is 0.355 e. The van der Waals surface area contributed by atoms with E-state index in [1.807, 2.05) is 6.92 Å². The molecule has 6 nitrogen and oxygen atoms in total. The summed E-state index contributed by atoms with van der Waals surface area (Å²) in [5.74, 6) is -0.0517. The van der Waals surface area contributed by atoms with Crippen molar-refractivity contribution in [2.24, 2.45) is 5.92 Å². The van der Waals surface area contributed by atoms with Crippen LogP contribution >= 0.6 is 0 Å². The van der Waals surface area contributed by atoms with E-state index in [0.717, 1.165) is 32.5 Å². The van der Waals surface area contributed by atoms with E-state index in [1.54, 1.807) is 0 Å². The number of carbonyl (C=O) groups excluding carboxylic acids is 1. The molecule has 0 aromatic rings. The summed E-state index contributed by atoms with van der Waals surface area (Å²) in [7, 11) is -3.20. The van der Waals surface area contributed by atoms with Crippen molar-refractivity contribution in [3.05, 3.63) is 0 Å². The van der Waals surface area contributed by atoms with Crippen molar-refractivity contribution in [3.8, 4) is 0 Å². The highest BCUT2D eigenvalue weighted by Gasteiger charge is 2.31. The molecule has 0 radical (unpaired) electrons. The normalized spacial score (nSPS) is 20.3. The average molecular weight is 333 g/mol. The van der Waals surface area contributed by atoms with E-state index in [-0.39, 0.29) is 17.6 Å². The van der Waals surface area contributed by atoms with Gasteiger partial charge in [-0.25, -0.2) is 12.7 Å². The topological polar surface area (TPSA) is 69.7 Å².